The van der Waals surface area contributed by atoms with Crippen LogP contribution in [-0.2, 0) is 6.54 Å². The van der Waals surface area contributed by atoms with Crippen LogP contribution in [0.3, 0.4) is 0 Å². The molecular weight excluding hydrogens is 222 g/mol. The molecule has 0 amide bonds. The number of hydrogen-bond acceptors (Lipinski definition) is 3. The molecule has 2 unspecified atom stereocenters. The summed E-state index contributed by atoms with van der Waals surface area (Å²) < 4.78 is 0. The van der Waals surface area contributed by atoms with Crippen LogP contribution in [0.1, 0.15) is 39.2 Å². The average molecular weight is 247 g/mol. The highest BCUT2D eigenvalue weighted by Crippen LogP contribution is 2.28. The molecule has 1 saturated heterocycles. The summed E-state index contributed by atoms with van der Waals surface area (Å²) in [6.45, 7) is 9.85. The molecule has 1 aliphatic rings. The first-order valence-electron chi connectivity index (χ1n) is 7.13. The SMILES string of the molecule is CCNCc1cccnc1N1CC(C)CCC1C. The van der Waals surface area contributed by atoms with E-state index in [1.807, 2.05) is 12.3 Å². The van der Waals surface area contributed by atoms with Crippen LogP contribution < -0.4 is 10.2 Å². The van der Waals surface area contributed by atoms with Gasteiger partial charge in [0, 0.05) is 30.9 Å². The van der Waals surface area contributed by atoms with Crippen LogP contribution in [0, 0.1) is 5.92 Å². The summed E-state index contributed by atoms with van der Waals surface area (Å²) in [5.41, 5.74) is 1.32. The Morgan fingerprint density at radius 3 is 3.00 bits per heavy atom. The van der Waals surface area contributed by atoms with Crippen molar-refractivity contribution in [2.45, 2.75) is 46.2 Å². The number of aromatic nitrogens is 1. The fourth-order valence-corrected chi connectivity index (χ4v) is 2.67. The summed E-state index contributed by atoms with van der Waals surface area (Å²) in [4.78, 5) is 7.11. The van der Waals surface area contributed by atoms with E-state index in [1.54, 1.807) is 0 Å². The molecule has 2 atom stereocenters. The second-order valence-electron chi connectivity index (χ2n) is 5.45. The fourth-order valence-electron chi connectivity index (χ4n) is 2.67. The predicted molar refractivity (Wildman–Crippen MR) is 76.8 cm³/mol. The van der Waals surface area contributed by atoms with E-state index in [9.17, 15) is 0 Å². The minimum atomic E-state index is 0.608. The molecule has 2 rings (SSSR count). The fraction of sp³-hybridized carbons (Fsp3) is 0.667. The molecule has 0 spiro atoms. The van der Waals surface area contributed by atoms with Gasteiger partial charge in [0.15, 0.2) is 0 Å². The number of pyridine rings is 1. The molecule has 2 heterocycles. The Balaban J connectivity index is 2.19. The van der Waals surface area contributed by atoms with Crippen molar-refractivity contribution in [1.82, 2.24) is 10.3 Å². The standard InChI is InChI=1S/C15H25N3/c1-4-16-10-14-6-5-9-17-15(14)18-11-12(2)7-8-13(18)3/h5-6,9,12-13,16H,4,7-8,10-11H2,1-3H3. The molecule has 100 valence electrons. The highest BCUT2D eigenvalue weighted by molar-refractivity contribution is 5.48. The molecule has 1 fully saturated rings. The summed E-state index contributed by atoms with van der Waals surface area (Å²) in [5, 5.41) is 3.40. The summed E-state index contributed by atoms with van der Waals surface area (Å²) in [6, 6.07) is 4.84. The first-order chi connectivity index (χ1) is 8.72. The molecule has 0 aromatic carbocycles. The molecule has 3 heteroatoms. The van der Waals surface area contributed by atoms with Gasteiger partial charge in [-0.2, -0.15) is 0 Å². The highest BCUT2D eigenvalue weighted by Gasteiger charge is 2.25. The monoisotopic (exact) mass is 247 g/mol. The quantitative estimate of drug-likeness (QED) is 0.887. The lowest BCUT2D eigenvalue weighted by molar-refractivity contribution is 0.387. The van der Waals surface area contributed by atoms with Crippen LogP contribution in [-0.4, -0.2) is 24.1 Å². The second kappa shape index (κ2) is 6.19. The molecule has 0 aliphatic carbocycles. The zero-order chi connectivity index (χ0) is 13.0. The maximum absolute atomic E-state index is 4.63. The third-order valence-electron chi connectivity index (χ3n) is 3.82. The van der Waals surface area contributed by atoms with Gasteiger partial charge < -0.3 is 10.2 Å². The zero-order valence-corrected chi connectivity index (χ0v) is 11.8. The van der Waals surface area contributed by atoms with Crippen molar-refractivity contribution in [3.63, 3.8) is 0 Å². The minimum absolute atomic E-state index is 0.608. The van der Waals surface area contributed by atoms with Crippen molar-refractivity contribution >= 4 is 5.82 Å². The smallest absolute Gasteiger partial charge is 0.133 e. The van der Waals surface area contributed by atoms with Crippen molar-refractivity contribution in [3.05, 3.63) is 23.9 Å². The molecule has 0 radical (unpaired) electrons. The van der Waals surface area contributed by atoms with Gasteiger partial charge in [0.2, 0.25) is 0 Å². The van der Waals surface area contributed by atoms with Crippen molar-refractivity contribution in [3.8, 4) is 0 Å². The summed E-state index contributed by atoms with van der Waals surface area (Å²) >= 11 is 0. The van der Waals surface area contributed by atoms with Crippen molar-refractivity contribution in [2.75, 3.05) is 18.0 Å². The first-order valence-corrected chi connectivity index (χ1v) is 7.13. The molecule has 1 aromatic rings. The van der Waals surface area contributed by atoms with Crippen LogP contribution in [0.5, 0.6) is 0 Å². The normalized spacial score (nSPS) is 24.3. The van der Waals surface area contributed by atoms with E-state index in [1.165, 1.54) is 24.2 Å². The number of nitrogens with zero attached hydrogens (tertiary/aromatic N) is 2. The number of nitrogens with one attached hydrogen (secondary N) is 1. The topological polar surface area (TPSA) is 28.2 Å². The summed E-state index contributed by atoms with van der Waals surface area (Å²) in [7, 11) is 0. The highest BCUT2D eigenvalue weighted by atomic mass is 15.2. The van der Waals surface area contributed by atoms with Crippen LogP contribution >= 0.6 is 0 Å². The zero-order valence-electron chi connectivity index (χ0n) is 11.8. The Hall–Kier alpha value is -1.09. The lowest BCUT2D eigenvalue weighted by atomic mass is 9.94. The number of rotatable bonds is 4. The van der Waals surface area contributed by atoms with Gasteiger partial charge in [-0.05, 0) is 38.3 Å². The molecule has 3 nitrogen and oxygen atoms in total. The van der Waals surface area contributed by atoms with E-state index < -0.39 is 0 Å². The van der Waals surface area contributed by atoms with Crippen molar-refractivity contribution in [1.29, 1.82) is 0 Å². The van der Waals surface area contributed by atoms with Crippen LogP contribution in [0.15, 0.2) is 18.3 Å². The molecule has 18 heavy (non-hydrogen) atoms. The summed E-state index contributed by atoms with van der Waals surface area (Å²) in [5.74, 6) is 1.95. The Bertz CT molecular complexity index is 378. The van der Waals surface area contributed by atoms with Gasteiger partial charge in [-0.25, -0.2) is 4.98 Å². The van der Waals surface area contributed by atoms with Crippen LogP contribution in [0.4, 0.5) is 5.82 Å². The third kappa shape index (κ3) is 3.02. The Morgan fingerprint density at radius 1 is 1.39 bits per heavy atom. The molecular formula is C15H25N3. The Morgan fingerprint density at radius 2 is 2.22 bits per heavy atom. The number of hydrogen-bond donors (Lipinski definition) is 1. The third-order valence-corrected chi connectivity index (χ3v) is 3.82. The van der Waals surface area contributed by atoms with Crippen molar-refractivity contribution < 1.29 is 0 Å². The molecule has 1 N–H and O–H groups in total. The van der Waals surface area contributed by atoms with Crippen LogP contribution in [0.2, 0.25) is 0 Å². The van der Waals surface area contributed by atoms with Crippen molar-refractivity contribution in [2.24, 2.45) is 5.92 Å². The molecule has 0 saturated carbocycles. The van der Waals surface area contributed by atoms with E-state index in [2.05, 4.69) is 42.0 Å². The Kier molecular flexibility index (Phi) is 4.59. The predicted octanol–water partition coefficient (Wildman–Crippen LogP) is 2.82. The van der Waals surface area contributed by atoms with Gasteiger partial charge in [-0.3, -0.25) is 0 Å². The maximum Gasteiger partial charge on any atom is 0.133 e. The molecule has 1 aliphatic heterocycles. The Labute approximate surface area is 111 Å². The van der Waals surface area contributed by atoms with Gasteiger partial charge in [-0.15, -0.1) is 0 Å². The molecule has 1 aromatic heterocycles. The van der Waals surface area contributed by atoms with E-state index in [-0.39, 0.29) is 0 Å². The van der Waals surface area contributed by atoms with E-state index >= 15 is 0 Å². The largest absolute Gasteiger partial charge is 0.353 e. The minimum Gasteiger partial charge on any atom is -0.353 e. The number of anilines is 1. The van der Waals surface area contributed by atoms with Gasteiger partial charge >= 0.3 is 0 Å². The summed E-state index contributed by atoms with van der Waals surface area (Å²) in [6.07, 6.45) is 4.53. The lowest BCUT2D eigenvalue weighted by Gasteiger charge is -2.38. The van der Waals surface area contributed by atoms with Gasteiger partial charge in [0.25, 0.3) is 0 Å². The second-order valence-corrected chi connectivity index (χ2v) is 5.45. The maximum atomic E-state index is 4.63. The van der Waals surface area contributed by atoms with Gasteiger partial charge in [-0.1, -0.05) is 19.9 Å². The van der Waals surface area contributed by atoms with E-state index in [0.29, 0.717) is 6.04 Å². The van der Waals surface area contributed by atoms with E-state index in [0.717, 1.165) is 25.6 Å². The van der Waals surface area contributed by atoms with E-state index in [4.69, 9.17) is 0 Å². The molecule has 0 bridgehead atoms. The average Bonchev–Trinajstić information content (AvgIpc) is 2.39. The van der Waals surface area contributed by atoms with Gasteiger partial charge in [0.1, 0.15) is 5.82 Å². The van der Waals surface area contributed by atoms with Gasteiger partial charge in [0.05, 0.1) is 0 Å². The number of piperidine rings is 1. The lowest BCUT2D eigenvalue weighted by Crippen LogP contribution is -2.42. The first kappa shape index (κ1) is 13.3. The van der Waals surface area contributed by atoms with Crippen LogP contribution in [0.25, 0.3) is 0 Å².